The maximum atomic E-state index is 2.80. The summed E-state index contributed by atoms with van der Waals surface area (Å²) in [6.45, 7) is 14.9. The van der Waals surface area contributed by atoms with Gasteiger partial charge in [0.25, 0.3) is 0 Å². The molecule has 2 heteroatoms. The van der Waals surface area contributed by atoms with Gasteiger partial charge in [0.05, 0.1) is 0 Å². The minimum absolute atomic E-state index is 0.952. The summed E-state index contributed by atoms with van der Waals surface area (Å²) in [7, 11) is -1.91. The van der Waals surface area contributed by atoms with Crippen LogP contribution in [0.4, 0.5) is 0 Å². The molecule has 110 valence electrons. The van der Waals surface area contributed by atoms with Gasteiger partial charge in [-0.15, -0.1) is 0 Å². The highest BCUT2D eigenvalue weighted by Crippen LogP contribution is 2.40. The molecule has 0 aromatic heterocycles. The van der Waals surface area contributed by atoms with E-state index in [1.54, 1.807) is 30.2 Å². The molecule has 0 aromatic rings. The van der Waals surface area contributed by atoms with Crippen LogP contribution in [0.25, 0.3) is 0 Å². The van der Waals surface area contributed by atoms with Crippen LogP contribution in [0.5, 0.6) is 0 Å². The average molecular weight is 287 g/mol. The molecule has 0 bridgehead atoms. The Morgan fingerprint density at radius 3 is 1.00 bits per heavy atom. The summed E-state index contributed by atoms with van der Waals surface area (Å²) in [6.07, 6.45) is 7.22. The SMILES string of the molecule is CCC[Si](C)(CCC)[Si](CCC)(CCC)CCC. The van der Waals surface area contributed by atoms with E-state index < -0.39 is 15.2 Å². The van der Waals surface area contributed by atoms with E-state index in [0.29, 0.717) is 0 Å². The van der Waals surface area contributed by atoms with Crippen LogP contribution in [-0.2, 0) is 0 Å². The second-order valence-corrected chi connectivity index (χ2v) is 21.6. The van der Waals surface area contributed by atoms with Gasteiger partial charge in [-0.3, -0.25) is 0 Å². The Balaban J connectivity index is 5.26. The highest BCUT2D eigenvalue weighted by molar-refractivity contribution is 7.42. The number of hydrogen-bond acceptors (Lipinski definition) is 0. The summed E-state index contributed by atoms with van der Waals surface area (Å²) in [5.41, 5.74) is 0. The minimum Gasteiger partial charge on any atom is -0.0711 e. The monoisotopic (exact) mass is 286 g/mol. The molecule has 0 radical (unpaired) electrons. The first kappa shape index (κ1) is 18.4. The van der Waals surface area contributed by atoms with Gasteiger partial charge < -0.3 is 0 Å². The Bertz CT molecular complexity index is 178. The molecule has 0 fully saturated rings. The molecule has 0 saturated heterocycles. The molecule has 0 aliphatic heterocycles. The third-order valence-electron chi connectivity index (χ3n) is 5.07. The molecule has 0 spiro atoms. The van der Waals surface area contributed by atoms with Crippen molar-refractivity contribution in [2.45, 2.75) is 103 Å². The highest BCUT2D eigenvalue weighted by Gasteiger charge is 2.47. The number of rotatable bonds is 11. The highest BCUT2D eigenvalue weighted by atomic mass is 29.3. The van der Waals surface area contributed by atoms with Gasteiger partial charge in [-0.05, 0) is 0 Å². The fourth-order valence-corrected chi connectivity index (χ4v) is 25.8. The Morgan fingerprint density at radius 1 is 0.500 bits per heavy atom. The number of hydrogen-bond donors (Lipinski definition) is 0. The minimum atomic E-state index is -0.953. The molecule has 0 aromatic carbocycles. The molecule has 0 nitrogen and oxygen atoms in total. The molecule has 0 heterocycles. The maximum absolute atomic E-state index is 2.80. The lowest BCUT2D eigenvalue weighted by Gasteiger charge is -2.47. The quantitative estimate of drug-likeness (QED) is 0.373. The lowest BCUT2D eigenvalue weighted by molar-refractivity contribution is 0.921. The van der Waals surface area contributed by atoms with Crippen LogP contribution in [0, 0.1) is 0 Å². The van der Waals surface area contributed by atoms with Crippen molar-refractivity contribution in [1.82, 2.24) is 0 Å². The largest absolute Gasteiger partial charge is 0.0711 e. The third kappa shape index (κ3) is 4.52. The zero-order valence-electron chi connectivity index (χ0n) is 14.1. The lowest BCUT2D eigenvalue weighted by Crippen LogP contribution is -2.60. The summed E-state index contributed by atoms with van der Waals surface area (Å²) in [5, 5.41) is 0. The van der Waals surface area contributed by atoms with Crippen LogP contribution in [0.2, 0.25) is 36.8 Å². The lowest BCUT2D eigenvalue weighted by atomic mass is 10.6. The zero-order valence-corrected chi connectivity index (χ0v) is 16.1. The molecule has 0 saturated carbocycles. The molecule has 0 unspecified atom stereocenters. The molecule has 0 aliphatic rings. The van der Waals surface area contributed by atoms with E-state index in [9.17, 15) is 0 Å². The van der Waals surface area contributed by atoms with Crippen molar-refractivity contribution >= 4 is 15.2 Å². The van der Waals surface area contributed by atoms with Gasteiger partial charge in [-0.1, -0.05) is 103 Å². The Kier molecular flexibility index (Phi) is 9.58. The van der Waals surface area contributed by atoms with E-state index in [4.69, 9.17) is 0 Å². The predicted octanol–water partition coefficient (Wildman–Crippen LogP) is 6.64. The van der Waals surface area contributed by atoms with E-state index in [1.165, 1.54) is 32.1 Å². The summed E-state index contributed by atoms with van der Waals surface area (Å²) < 4.78 is 0. The van der Waals surface area contributed by atoms with E-state index in [2.05, 4.69) is 41.2 Å². The smallest absolute Gasteiger partial charge is 0.0476 e. The van der Waals surface area contributed by atoms with Crippen LogP contribution in [0.1, 0.15) is 66.7 Å². The van der Waals surface area contributed by atoms with Crippen molar-refractivity contribution in [3.63, 3.8) is 0 Å². The van der Waals surface area contributed by atoms with Crippen LogP contribution in [-0.4, -0.2) is 15.2 Å². The Hall–Kier alpha value is 0.434. The maximum Gasteiger partial charge on any atom is 0.0476 e. The van der Waals surface area contributed by atoms with Crippen molar-refractivity contribution in [3.05, 3.63) is 0 Å². The second-order valence-electron chi connectivity index (χ2n) is 6.59. The predicted molar refractivity (Wildman–Crippen MR) is 92.9 cm³/mol. The summed E-state index contributed by atoms with van der Waals surface area (Å²) >= 11 is 0. The summed E-state index contributed by atoms with van der Waals surface area (Å²) in [4.78, 5) is 0. The second kappa shape index (κ2) is 9.36. The Morgan fingerprint density at radius 2 is 0.778 bits per heavy atom. The van der Waals surface area contributed by atoms with Gasteiger partial charge in [0, 0.05) is 15.2 Å². The molecule has 0 atom stereocenters. The van der Waals surface area contributed by atoms with Crippen molar-refractivity contribution in [2.24, 2.45) is 0 Å². The van der Waals surface area contributed by atoms with E-state index in [1.807, 2.05) is 0 Å². The average Bonchev–Trinajstić information content (AvgIpc) is 2.30. The first-order valence-corrected chi connectivity index (χ1v) is 15.1. The van der Waals surface area contributed by atoms with E-state index in [0.717, 1.165) is 0 Å². The molecule has 18 heavy (non-hydrogen) atoms. The fourth-order valence-electron chi connectivity index (χ4n) is 4.47. The first-order chi connectivity index (χ1) is 8.55. The molecule has 0 rings (SSSR count). The topological polar surface area (TPSA) is 0 Å². The van der Waals surface area contributed by atoms with Gasteiger partial charge >= 0.3 is 0 Å². The van der Waals surface area contributed by atoms with E-state index in [-0.39, 0.29) is 0 Å². The molecular formula is C16H38Si2. The van der Waals surface area contributed by atoms with Crippen LogP contribution in [0.3, 0.4) is 0 Å². The Labute approximate surface area is 119 Å². The molecule has 0 N–H and O–H groups in total. The third-order valence-corrected chi connectivity index (χ3v) is 26.6. The van der Waals surface area contributed by atoms with Gasteiger partial charge in [0.15, 0.2) is 0 Å². The van der Waals surface area contributed by atoms with Crippen molar-refractivity contribution in [1.29, 1.82) is 0 Å². The normalized spacial score (nSPS) is 13.0. The summed E-state index contributed by atoms with van der Waals surface area (Å²) in [6, 6.07) is 8.15. The summed E-state index contributed by atoms with van der Waals surface area (Å²) in [5.74, 6) is 0. The standard InChI is InChI=1S/C16H38Si2/c1-7-12-17(6,13-8-2)18(14-9-3,15-10-4)16-11-5/h7-16H2,1-6H3. The molecular weight excluding hydrogens is 248 g/mol. The van der Waals surface area contributed by atoms with Gasteiger partial charge in [-0.2, -0.15) is 0 Å². The van der Waals surface area contributed by atoms with Crippen LogP contribution in [0.15, 0.2) is 0 Å². The van der Waals surface area contributed by atoms with E-state index >= 15 is 0 Å². The molecule has 0 amide bonds. The van der Waals surface area contributed by atoms with Crippen molar-refractivity contribution in [2.75, 3.05) is 0 Å². The van der Waals surface area contributed by atoms with Gasteiger partial charge in [0.2, 0.25) is 0 Å². The van der Waals surface area contributed by atoms with Gasteiger partial charge in [-0.25, -0.2) is 0 Å². The van der Waals surface area contributed by atoms with Crippen molar-refractivity contribution < 1.29 is 0 Å². The fraction of sp³-hybridized carbons (Fsp3) is 1.00. The first-order valence-electron chi connectivity index (χ1n) is 8.55. The van der Waals surface area contributed by atoms with Crippen molar-refractivity contribution in [3.8, 4) is 0 Å². The van der Waals surface area contributed by atoms with Crippen LogP contribution < -0.4 is 0 Å². The van der Waals surface area contributed by atoms with Gasteiger partial charge in [0.1, 0.15) is 0 Å². The zero-order chi connectivity index (χ0) is 14.1. The van der Waals surface area contributed by atoms with Crippen LogP contribution >= 0.6 is 0 Å². The molecule has 0 aliphatic carbocycles.